The molecule has 190 valence electrons. The number of aromatic nitrogens is 1. The molecule has 1 fully saturated rings. The van der Waals surface area contributed by atoms with Gasteiger partial charge in [-0.3, -0.25) is 19.4 Å². The second-order valence-electron chi connectivity index (χ2n) is 8.88. The van der Waals surface area contributed by atoms with E-state index in [1.54, 1.807) is 42.5 Å². The summed E-state index contributed by atoms with van der Waals surface area (Å²) in [7, 11) is 0. The van der Waals surface area contributed by atoms with E-state index in [1.807, 2.05) is 75.4 Å². The van der Waals surface area contributed by atoms with Crippen molar-refractivity contribution >= 4 is 46.6 Å². The van der Waals surface area contributed by atoms with Crippen molar-refractivity contribution in [3.05, 3.63) is 114 Å². The van der Waals surface area contributed by atoms with Gasteiger partial charge in [-0.15, -0.1) is 0 Å². The Morgan fingerprint density at radius 2 is 1.29 bits per heavy atom. The molecule has 5 rings (SSSR count). The maximum absolute atomic E-state index is 13.9. The molecule has 0 saturated carbocycles. The van der Waals surface area contributed by atoms with E-state index in [9.17, 15) is 9.59 Å². The fraction of sp³-hybridized carbons (Fsp3) is 0.129. The van der Waals surface area contributed by atoms with Crippen molar-refractivity contribution in [1.82, 2.24) is 4.57 Å². The highest BCUT2D eigenvalue weighted by Gasteiger charge is 2.41. The number of hydrogen-bond acceptors (Lipinski definition) is 4. The van der Waals surface area contributed by atoms with Gasteiger partial charge >= 0.3 is 0 Å². The van der Waals surface area contributed by atoms with Crippen LogP contribution in [0.4, 0.5) is 11.4 Å². The summed E-state index contributed by atoms with van der Waals surface area (Å²) in [6.07, 6.45) is 1.67. The van der Waals surface area contributed by atoms with E-state index < -0.39 is 11.8 Å². The zero-order valence-electron chi connectivity index (χ0n) is 21.4. The first-order valence-corrected chi connectivity index (χ1v) is 12.8. The van der Waals surface area contributed by atoms with E-state index in [2.05, 4.69) is 4.57 Å². The molecule has 6 nitrogen and oxygen atoms in total. The summed E-state index contributed by atoms with van der Waals surface area (Å²) in [6, 6.07) is 28.2. The van der Waals surface area contributed by atoms with Gasteiger partial charge in [-0.2, -0.15) is 0 Å². The van der Waals surface area contributed by atoms with Crippen molar-refractivity contribution in [3.63, 3.8) is 0 Å². The molecule has 0 N–H and O–H groups in total. The molecule has 1 aromatic heterocycles. The molecule has 0 atom stereocenters. The van der Waals surface area contributed by atoms with Crippen LogP contribution in [0.3, 0.4) is 0 Å². The molecule has 0 spiro atoms. The molecule has 2 heterocycles. The number of ether oxygens (including phenoxy) is 1. The molecule has 4 aromatic rings. The van der Waals surface area contributed by atoms with E-state index in [1.165, 1.54) is 9.80 Å². The fourth-order valence-corrected chi connectivity index (χ4v) is 5.06. The summed E-state index contributed by atoms with van der Waals surface area (Å²) in [5.41, 5.74) is 4.89. The van der Waals surface area contributed by atoms with Crippen LogP contribution in [0.5, 0.6) is 5.75 Å². The first-order chi connectivity index (χ1) is 18.4. The van der Waals surface area contributed by atoms with Crippen LogP contribution < -0.4 is 14.5 Å². The second kappa shape index (κ2) is 10.5. The van der Waals surface area contributed by atoms with Gasteiger partial charge in [0.2, 0.25) is 0 Å². The lowest BCUT2D eigenvalue weighted by molar-refractivity contribution is -0.120. The molecule has 1 saturated heterocycles. The van der Waals surface area contributed by atoms with Crippen LogP contribution in [-0.4, -0.2) is 28.1 Å². The molecule has 2 amide bonds. The lowest BCUT2D eigenvalue weighted by Crippen LogP contribution is -2.56. The predicted molar refractivity (Wildman–Crippen MR) is 155 cm³/mol. The van der Waals surface area contributed by atoms with E-state index in [-0.39, 0.29) is 10.7 Å². The number of benzene rings is 3. The molecule has 1 aliphatic rings. The first-order valence-electron chi connectivity index (χ1n) is 12.4. The molecule has 7 heteroatoms. The van der Waals surface area contributed by atoms with Crippen LogP contribution in [0.2, 0.25) is 0 Å². The van der Waals surface area contributed by atoms with Crippen molar-refractivity contribution in [3.8, 4) is 11.4 Å². The third kappa shape index (κ3) is 4.53. The quantitative estimate of drug-likeness (QED) is 0.171. The van der Waals surface area contributed by atoms with Crippen LogP contribution >= 0.6 is 12.2 Å². The molecular weight excluding hydrogens is 494 g/mol. The van der Waals surface area contributed by atoms with Gasteiger partial charge in [-0.05, 0) is 99.2 Å². The van der Waals surface area contributed by atoms with Gasteiger partial charge < -0.3 is 9.30 Å². The smallest absolute Gasteiger partial charge is 0.270 e. The van der Waals surface area contributed by atoms with Crippen LogP contribution in [-0.2, 0) is 9.59 Å². The van der Waals surface area contributed by atoms with E-state index >= 15 is 0 Å². The Hall–Kier alpha value is -4.49. The number of rotatable bonds is 6. The average molecular weight is 522 g/mol. The van der Waals surface area contributed by atoms with Crippen LogP contribution in [0.15, 0.2) is 96.6 Å². The number of carbonyl (C=O) groups excluding carboxylic acids is 2. The number of amides is 2. The summed E-state index contributed by atoms with van der Waals surface area (Å²) in [4.78, 5) is 30.5. The van der Waals surface area contributed by atoms with Gasteiger partial charge in [0.05, 0.1) is 18.0 Å². The number of anilines is 2. The molecule has 0 bridgehead atoms. The van der Waals surface area contributed by atoms with E-state index in [0.717, 1.165) is 22.6 Å². The summed E-state index contributed by atoms with van der Waals surface area (Å²) < 4.78 is 7.66. The normalized spacial score (nSPS) is 14.9. The molecule has 3 aromatic carbocycles. The minimum Gasteiger partial charge on any atom is -0.494 e. The van der Waals surface area contributed by atoms with Gasteiger partial charge in [-0.25, -0.2) is 0 Å². The lowest BCUT2D eigenvalue weighted by Gasteiger charge is -2.36. The highest BCUT2D eigenvalue weighted by Crippen LogP contribution is 2.32. The first kappa shape index (κ1) is 25.2. The Morgan fingerprint density at radius 3 is 1.84 bits per heavy atom. The molecule has 38 heavy (non-hydrogen) atoms. The largest absolute Gasteiger partial charge is 0.494 e. The highest BCUT2D eigenvalue weighted by molar-refractivity contribution is 7.81. The number of aryl methyl sites for hydroxylation is 1. The van der Waals surface area contributed by atoms with Crippen molar-refractivity contribution in [2.45, 2.75) is 20.8 Å². The number of carbonyl (C=O) groups is 2. The third-order valence-corrected chi connectivity index (χ3v) is 6.82. The predicted octanol–water partition coefficient (Wildman–Crippen LogP) is 6.24. The van der Waals surface area contributed by atoms with Gasteiger partial charge in [0, 0.05) is 17.1 Å². The summed E-state index contributed by atoms with van der Waals surface area (Å²) in [6.45, 7) is 6.43. The van der Waals surface area contributed by atoms with Crippen LogP contribution in [0.25, 0.3) is 11.8 Å². The molecule has 0 unspecified atom stereocenters. The highest BCUT2D eigenvalue weighted by atomic mass is 32.1. The SMILES string of the molecule is CCOc1ccc(N2C(=O)C(=Cc3cc(C)n(-c4ccccc4)c3C)C(=O)N(c3ccccc3)C2=S)cc1. The Kier molecular flexibility index (Phi) is 6.94. The molecule has 0 radical (unpaired) electrons. The van der Waals surface area contributed by atoms with Gasteiger partial charge in [0.15, 0.2) is 5.11 Å². The minimum absolute atomic E-state index is 0.0321. The third-order valence-electron chi connectivity index (χ3n) is 6.45. The van der Waals surface area contributed by atoms with Gasteiger partial charge in [-0.1, -0.05) is 36.4 Å². The van der Waals surface area contributed by atoms with Gasteiger partial charge in [0.25, 0.3) is 11.8 Å². The number of hydrogen-bond donors (Lipinski definition) is 0. The Bertz CT molecular complexity index is 1540. The maximum atomic E-state index is 13.9. The Labute approximate surface area is 227 Å². The molecule has 0 aliphatic carbocycles. The zero-order valence-corrected chi connectivity index (χ0v) is 22.2. The number of para-hydroxylation sites is 2. The second-order valence-corrected chi connectivity index (χ2v) is 9.25. The Morgan fingerprint density at radius 1 is 0.763 bits per heavy atom. The zero-order chi connectivity index (χ0) is 26.8. The average Bonchev–Trinajstić information content (AvgIpc) is 3.21. The minimum atomic E-state index is -0.471. The molecular formula is C31H27N3O3S. The van der Waals surface area contributed by atoms with Crippen molar-refractivity contribution in [2.75, 3.05) is 16.4 Å². The van der Waals surface area contributed by atoms with Crippen LogP contribution in [0.1, 0.15) is 23.9 Å². The summed E-state index contributed by atoms with van der Waals surface area (Å²) in [5, 5.41) is 0.0993. The molecule has 1 aliphatic heterocycles. The standard InChI is InChI=1S/C31H27N3O3S/c1-4-37-27-17-15-26(16-18-27)34-30(36)28(29(35)33(31(34)38)25-13-9-6-10-14-25)20-23-19-21(2)32(22(23)3)24-11-7-5-8-12-24/h5-20H,4H2,1-3H3. The van der Waals surface area contributed by atoms with Crippen molar-refractivity contribution < 1.29 is 14.3 Å². The topological polar surface area (TPSA) is 54.8 Å². The van der Waals surface area contributed by atoms with Crippen molar-refractivity contribution in [2.24, 2.45) is 0 Å². The van der Waals surface area contributed by atoms with Crippen molar-refractivity contribution in [1.29, 1.82) is 0 Å². The van der Waals surface area contributed by atoms with Gasteiger partial charge in [0.1, 0.15) is 11.3 Å². The maximum Gasteiger partial charge on any atom is 0.270 e. The summed E-state index contributed by atoms with van der Waals surface area (Å²) >= 11 is 5.73. The number of thiocarbonyl (C=S) groups is 1. The number of nitrogens with zero attached hydrogens (tertiary/aromatic N) is 3. The lowest BCUT2D eigenvalue weighted by atomic mass is 10.0. The van der Waals surface area contributed by atoms with E-state index in [0.29, 0.717) is 23.7 Å². The summed E-state index contributed by atoms with van der Waals surface area (Å²) in [5.74, 6) is -0.245. The van der Waals surface area contributed by atoms with Crippen LogP contribution in [0, 0.1) is 13.8 Å². The fourth-order valence-electron chi connectivity index (χ4n) is 4.68. The van der Waals surface area contributed by atoms with E-state index in [4.69, 9.17) is 17.0 Å². The monoisotopic (exact) mass is 521 g/mol. The Balaban J connectivity index is 1.63.